The zero-order valence-electron chi connectivity index (χ0n) is 33.2. The predicted molar refractivity (Wildman–Crippen MR) is 243 cm³/mol. The van der Waals surface area contributed by atoms with Crippen LogP contribution in [0.3, 0.4) is 0 Å². The fourth-order valence-electron chi connectivity index (χ4n) is 10.5. The number of thiophene rings is 2. The lowest BCUT2D eigenvalue weighted by atomic mass is 9.61. The van der Waals surface area contributed by atoms with Gasteiger partial charge in [-0.25, -0.2) is 0 Å². The molecular weight excluding hydrogens is 731 g/mol. The molecule has 0 radical (unpaired) electrons. The van der Waals surface area contributed by atoms with Crippen LogP contribution in [0.5, 0.6) is 0 Å². The minimum atomic E-state index is -0.404. The van der Waals surface area contributed by atoms with E-state index in [4.69, 9.17) is 4.42 Å². The topological polar surface area (TPSA) is 16.4 Å². The quantitative estimate of drug-likeness (QED) is 0.178. The first-order valence-electron chi connectivity index (χ1n) is 20.3. The largest absolute Gasteiger partial charge is 0.453 e. The summed E-state index contributed by atoms with van der Waals surface area (Å²) in [7, 11) is 0. The molecule has 3 aromatic heterocycles. The molecule has 0 saturated carbocycles. The lowest BCUT2D eigenvalue weighted by Gasteiger charge is -2.39. The highest BCUT2D eigenvalue weighted by atomic mass is 32.1. The van der Waals surface area contributed by atoms with E-state index in [0.29, 0.717) is 0 Å². The first kappa shape index (κ1) is 33.7. The highest BCUT2D eigenvalue weighted by molar-refractivity contribution is 7.21. The molecule has 278 valence electrons. The van der Waals surface area contributed by atoms with E-state index in [1.54, 1.807) is 0 Å². The van der Waals surface area contributed by atoms with Crippen molar-refractivity contribution in [3.8, 4) is 20.9 Å². The Morgan fingerprint density at radius 1 is 0.526 bits per heavy atom. The van der Waals surface area contributed by atoms with Crippen molar-refractivity contribution in [2.45, 2.75) is 70.6 Å². The fourth-order valence-corrected chi connectivity index (χ4v) is 12.6. The van der Waals surface area contributed by atoms with Crippen LogP contribution in [0.1, 0.15) is 86.1 Å². The minimum Gasteiger partial charge on any atom is -0.453 e. The van der Waals surface area contributed by atoms with Crippen LogP contribution in [0.2, 0.25) is 0 Å². The van der Waals surface area contributed by atoms with Crippen molar-refractivity contribution in [2.75, 3.05) is 4.90 Å². The molecule has 0 aliphatic heterocycles. The van der Waals surface area contributed by atoms with Crippen LogP contribution in [0.4, 0.5) is 17.1 Å². The van der Waals surface area contributed by atoms with Crippen molar-refractivity contribution in [1.82, 2.24) is 0 Å². The number of rotatable bonds is 3. The smallest absolute Gasteiger partial charge is 0.159 e. The van der Waals surface area contributed by atoms with Gasteiger partial charge in [-0.15, -0.1) is 22.7 Å². The van der Waals surface area contributed by atoms with Crippen molar-refractivity contribution in [3.05, 3.63) is 171 Å². The van der Waals surface area contributed by atoms with Crippen molar-refractivity contribution >= 4 is 72.4 Å². The molecule has 0 amide bonds. The highest BCUT2D eigenvalue weighted by Gasteiger charge is 2.52. The zero-order valence-corrected chi connectivity index (χ0v) is 34.8. The molecule has 4 heteroatoms. The third-order valence-corrected chi connectivity index (χ3v) is 15.3. The number of furan rings is 1. The molecule has 6 aromatic carbocycles. The summed E-state index contributed by atoms with van der Waals surface area (Å²) in [6.45, 7) is 13.7. The number of aryl methyl sites for hydroxylation is 2. The molecule has 2 nitrogen and oxygen atoms in total. The number of para-hydroxylation sites is 1. The van der Waals surface area contributed by atoms with Gasteiger partial charge in [0.25, 0.3) is 0 Å². The minimum absolute atomic E-state index is 0.0578. The highest BCUT2D eigenvalue weighted by Crippen LogP contribution is 2.65. The SMILES string of the molecule is CC(C)(C)c1ccc(N(c2ccc(C(C)(C)C)cc2)c2cccc3c2oc2c4c(ccc23)C2(c3ccsc3-c3sccc32)c2ccc3c5c(ccc-4c25)CC3)cc1. The van der Waals surface area contributed by atoms with Gasteiger partial charge in [-0.05, 0) is 138 Å². The average molecular weight is 774 g/mol. The normalized spacial score (nSPS) is 14.8. The lowest BCUT2D eigenvalue weighted by molar-refractivity contribution is 0.590. The monoisotopic (exact) mass is 773 g/mol. The second-order valence-electron chi connectivity index (χ2n) is 18.4. The summed E-state index contributed by atoms with van der Waals surface area (Å²) in [4.78, 5) is 5.21. The van der Waals surface area contributed by atoms with E-state index in [2.05, 4.69) is 172 Å². The van der Waals surface area contributed by atoms with Crippen LogP contribution in [0.15, 0.2) is 130 Å². The van der Waals surface area contributed by atoms with E-state index in [1.165, 1.54) is 76.2 Å². The Labute approximate surface area is 342 Å². The van der Waals surface area contributed by atoms with Gasteiger partial charge in [0.1, 0.15) is 5.58 Å². The molecule has 0 saturated heterocycles. The molecule has 0 unspecified atom stereocenters. The van der Waals surface area contributed by atoms with Crippen molar-refractivity contribution in [3.63, 3.8) is 0 Å². The van der Waals surface area contributed by atoms with E-state index < -0.39 is 5.41 Å². The maximum atomic E-state index is 7.49. The first-order chi connectivity index (χ1) is 27.5. The molecule has 0 fully saturated rings. The van der Waals surface area contributed by atoms with Crippen LogP contribution >= 0.6 is 22.7 Å². The number of benzene rings is 6. The Hall–Kier alpha value is -5.42. The number of anilines is 3. The van der Waals surface area contributed by atoms with E-state index in [9.17, 15) is 0 Å². The maximum absolute atomic E-state index is 7.49. The van der Waals surface area contributed by atoms with Gasteiger partial charge in [0.05, 0.1) is 11.1 Å². The van der Waals surface area contributed by atoms with Gasteiger partial charge >= 0.3 is 0 Å². The van der Waals surface area contributed by atoms with E-state index in [0.717, 1.165) is 51.8 Å². The molecule has 0 N–H and O–H groups in total. The number of fused-ring (bicyclic) bond motifs is 13. The van der Waals surface area contributed by atoms with Crippen LogP contribution in [-0.2, 0) is 29.1 Å². The Morgan fingerprint density at radius 3 is 1.68 bits per heavy atom. The lowest BCUT2D eigenvalue weighted by Crippen LogP contribution is -2.31. The Bertz CT molecular complexity index is 3030. The van der Waals surface area contributed by atoms with Gasteiger partial charge < -0.3 is 9.32 Å². The molecule has 12 rings (SSSR count). The molecule has 57 heavy (non-hydrogen) atoms. The standard InChI is InChI=1S/C53H43NOS2/c1-51(2,3)32-14-18-34(19-15-32)54(35-20-16-33(17-21-35)52(4,5)6)43-9-7-8-36-37-23-25-40-46(48(37)55-47(36)43)38-22-12-30-10-11-31-13-24-39(45(38)44(30)31)53(40)41-26-28-56-49(41)50-42(53)27-29-57-50/h7-9,12-29H,10-11H2,1-6H3. The molecule has 0 atom stereocenters. The molecule has 0 bridgehead atoms. The van der Waals surface area contributed by atoms with E-state index in [1.807, 2.05) is 22.7 Å². The van der Waals surface area contributed by atoms with Crippen LogP contribution < -0.4 is 4.90 Å². The van der Waals surface area contributed by atoms with Crippen molar-refractivity contribution in [2.24, 2.45) is 0 Å². The van der Waals surface area contributed by atoms with Crippen molar-refractivity contribution < 1.29 is 4.42 Å². The van der Waals surface area contributed by atoms with Crippen molar-refractivity contribution in [1.29, 1.82) is 0 Å². The Morgan fingerprint density at radius 2 is 1.09 bits per heavy atom. The number of nitrogens with zero attached hydrogens (tertiary/aromatic N) is 1. The summed E-state index contributed by atoms with van der Waals surface area (Å²) in [5.41, 5.74) is 18.6. The van der Waals surface area contributed by atoms with Gasteiger partial charge in [0, 0.05) is 37.5 Å². The summed E-state index contributed by atoms with van der Waals surface area (Å²) in [6.07, 6.45) is 2.20. The Kier molecular flexibility index (Phi) is 6.72. The second kappa shape index (κ2) is 11.4. The fraction of sp³-hybridized carbons (Fsp3) is 0.208. The molecule has 1 spiro atoms. The summed E-state index contributed by atoms with van der Waals surface area (Å²) < 4.78 is 7.49. The average Bonchev–Trinajstić information content (AvgIpc) is 4.04. The van der Waals surface area contributed by atoms with Gasteiger partial charge in [-0.1, -0.05) is 114 Å². The van der Waals surface area contributed by atoms with Gasteiger partial charge in [0.2, 0.25) is 0 Å². The molecule has 3 aliphatic carbocycles. The molecular formula is C53H43NOS2. The maximum Gasteiger partial charge on any atom is 0.159 e. The second-order valence-corrected chi connectivity index (χ2v) is 20.3. The van der Waals surface area contributed by atoms with Gasteiger partial charge in [-0.3, -0.25) is 0 Å². The summed E-state index contributed by atoms with van der Waals surface area (Å²) >= 11 is 3.77. The number of hydrogen-bond acceptors (Lipinski definition) is 4. The Balaban J connectivity index is 1.16. The van der Waals surface area contributed by atoms with Crippen LogP contribution in [0, 0.1) is 0 Å². The summed E-state index contributed by atoms with van der Waals surface area (Å²) in [5, 5.41) is 9.77. The third-order valence-electron chi connectivity index (χ3n) is 13.3. The predicted octanol–water partition coefficient (Wildman–Crippen LogP) is 15.4. The van der Waals surface area contributed by atoms with Crippen LogP contribution in [0.25, 0.3) is 53.6 Å². The molecule has 3 aliphatic rings. The van der Waals surface area contributed by atoms with Gasteiger partial charge in [0.15, 0.2) is 5.58 Å². The first-order valence-corrected chi connectivity index (χ1v) is 22.0. The summed E-state index contributed by atoms with van der Waals surface area (Å²) in [5.74, 6) is 0. The number of hydrogen-bond donors (Lipinski definition) is 0. The molecule has 3 heterocycles. The van der Waals surface area contributed by atoms with Crippen LogP contribution in [-0.4, -0.2) is 0 Å². The zero-order chi connectivity index (χ0) is 38.6. The van der Waals surface area contributed by atoms with Gasteiger partial charge in [-0.2, -0.15) is 0 Å². The van der Waals surface area contributed by atoms with E-state index >= 15 is 0 Å². The third kappa shape index (κ3) is 4.41. The molecule has 9 aromatic rings. The summed E-state index contributed by atoms with van der Waals surface area (Å²) in [6, 6.07) is 44.2. The van der Waals surface area contributed by atoms with E-state index in [-0.39, 0.29) is 10.8 Å².